The van der Waals surface area contributed by atoms with Crippen LogP contribution < -0.4 is 27.4 Å². The van der Waals surface area contributed by atoms with Crippen molar-refractivity contribution in [3.8, 4) is 0 Å². The Bertz CT molecular complexity index is 814. The number of carboxylic acids is 1. The molecule has 0 bridgehead atoms. The summed E-state index contributed by atoms with van der Waals surface area (Å²) in [6, 6.07) is -5.99. The minimum atomic E-state index is -1.63. The van der Waals surface area contributed by atoms with Crippen LogP contribution >= 0.6 is 0 Å². The molecule has 5 unspecified atom stereocenters. The van der Waals surface area contributed by atoms with E-state index in [1.165, 1.54) is 19.4 Å². The highest BCUT2D eigenvalue weighted by molar-refractivity contribution is 5.96. The molecule has 11 N–H and O–H groups in total. The molecule has 5 atom stereocenters. The van der Waals surface area contributed by atoms with Gasteiger partial charge in [0.15, 0.2) is 0 Å². The van der Waals surface area contributed by atoms with E-state index in [0.29, 0.717) is 5.69 Å². The average molecular weight is 457 g/mol. The number of aliphatic hydroxyl groups is 2. The Morgan fingerprint density at radius 3 is 2.19 bits per heavy atom. The monoisotopic (exact) mass is 457 g/mol. The summed E-state index contributed by atoms with van der Waals surface area (Å²) in [5.74, 6) is -5.40. The first-order chi connectivity index (χ1) is 15.0. The number of primary amides is 1. The van der Waals surface area contributed by atoms with Gasteiger partial charge >= 0.3 is 5.97 Å². The van der Waals surface area contributed by atoms with Crippen LogP contribution in [-0.4, -0.2) is 91.8 Å². The molecule has 4 amide bonds. The Balaban J connectivity index is 2.93. The van der Waals surface area contributed by atoms with E-state index in [2.05, 4.69) is 25.9 Å². The number of carbonyl (C=O) groups excluding carboxylic acids is 4. The number of aliphatic hydroxyl groups excluding tert-OH is 2. The third kappa shape index (κ3) is 8.29. The molecule has 32 heavy (non-hydrogen) atoms. The number of nitrogens with two attached hydrogens (primary N) is 2. The lowest BCUT2D eigenvalue weighted by atomic mass is 10.1. The van der Waals surface area contributed by atoms with Crippen LogP contribution in [-0.2, 0) is 30.4 Å². The lowest BCUT2D eigenvalue weighted by molar-refractivity contribution is -0.143. The second kappa shape index (κ2) is 12.3. The lowest BCUT2D eigenvalue weighted by Gasteiger charge is -2.26. The number of nitrogens with zero attached hydrogens (tertiary/aromatic N) is 1. The number of hydrogen-bond acceptors (Lipinski definition) is 9. The molecule has 1 heterocycles. The van der Waals surface area contributed by atoms with Crippen molar-refractivity contribution in [3.63, 3.8) is 0 Å². The highest BCUT2D eigenvalue weighted by Crippen LogP contribution is 2.03. The van der Waals surface area contributed by atoms with E-state index in [1.807, 2.05) is 0 Å². The van der Waals surface area contributed by atoms with Gasteiger partial charge in [0.2, 0.25) is 23.6 Å². The Morgan fingerprint density at radius 1 is 1.09 bits per heavy atom. The fourth-order valence-corrected chi connectivity index (χ4v) is 2.51. The Hall–Kier alpha value is -3.56. The molecule has 0 aliphatic heterocycles. The Kier molecular flexibility index (Phi) is 10.2. The molecule has 0 saturated heterocycles. The van der Waals surface area contributed by atoms with Gasteiger partial charge in [-0.25, -0.2) is 9.78 Å². The predicted octanol–water partition coefficient (Wildman–Crippen LogP) is -4.93. The van der Waals surface area contributed by atoms with Gasteiger partial charge in [0, 0.05) is 18.3 Å². The summed E-state index contributed by atoms with van der Waals surface area (Å²) < 4.78 is 0. The van der Waals surface area contributed by atoms with E-state index in [4.69, 9.17) is 16.6 Å². The summed E-state index contributed by atoms with van der Waals surface area (Å²) in [6.45, 7) is 0.431. The van der Waals surface area contributed by atoms with Gasteiger partial charge in [-0.05, 0) is 6.92 Å². The van der Waals surface area contributed by atoms with E-state index >= 15 is 0 Å². The summed E-state index contributed by atoms with van der Waals surface area (Å²) in [5, 5.41) is 34.7. The van der Waals surface area contributed by atoms with E-state index < -0.39 is 72.9 Å². The molecular weight excluding hydrogens is 430 g/mol. The SMILES string of the molecule is CC(O)C(NC(=O)C(CC(N)=O)NC(=O)C(N)CO)C(=O)NC(Cc1cnc[nH]1)C(=O)O. The van der Waals surface area contributed by atoms with Crippen LogP contribution in [0.2, 0.25) is 0 Å². The normalized spacial score (nSPS) is 15.5. The van der Waals surface area contributed by atoms with E-state index in [0.717, 1.165) is 0 Å². The van der Waals surface area contributed by atoms with Crippen LogP contribution in [0.25, 0.3) is 0 Å². The number of nitrogens with one attached hydrogen (secondary N) is 4. The third-order valence-corrected chi connectivity index (χ3v) is 4.23. The van der Waals surface area contributed by atoms with Gasteiger partial charge in [-0.3, -0.25) is 19.2 Å². The summed E-state index contributed by atoms with van der Waals surface area (Å²) >= 11 is 0. The van der Waals surface area contributed by atoms with Crippen molar-refractivity contribution in [2.24, 2.45) is 11.5 Å². The average Bonchev–Trinajstić information content (AvgIpc) is 3.22. The smallest absolute Gasteiger partial charge is 0.326 e. The zero-order chi connectivity index (χ0) is 24.4. The number of amides is 4. The van der Waals surface area contributed by atoms with E-state index in [-0.39, 0.29) is 6.42 Å². The fourth-order valence-electron chi connectivity index (χ4n) is 2.51. The van der Waals surface area contributed by atoms with Crippen LogP contribution in [0.1, 0.15) is 19.0 Å². The van der Waals surface area contributed by atoms with Crippen molar-refractivity contribution in [3.05, 3.63) is 18.2 Å². The first kappa shape index (κ1) is 26.5. The standard InChI is InChI=1S/C17H27N7O8/c1-7(26)13(16(30)23-11(17(31)32)2-8-4-20-6-21-8)24-15(29)10(3-12(19)27)22-14(28)9(18)5-25/h4,6-7,9-11,13,25-26H,2-3,5,18H2,1H3,(H2,19,27)(H,20,21)(H,22,28)(H,23,30)(H,24,29)(H,31,32). The number of aromatic amines is 1. The van der Waals surface area contributed by atoms with E-state index in [1.54, 1.807) is 0 Å². The summed E-state index contributed by atoms with van der Waals surface area (Å²) in [7, 11) is 0. The summed E-state index contributed by atoms with van der Waals surface area (Å²) in [5.41, 5.74) is 10.8. The number of imidazole rings is 1. The first-order valence-electron chi connectivity index (χ1n) is 9.40. The van der Waals surface area contributed by atoms with Gasteiger partial charge in [-0.15, -0.1) is 0 Å². The minimum Gasteiger partial charge on any atom is -0.480 e. The summed E-state index contributed by atoms with van der Waals surface area (Å²) in [6.07, 6.45) is 0.391. The lowest BCUT2D eigenvalue weighted by Crippen LogP contribution is -2.60. The molecule has 1 aromatic rings. The van der Waals surface area contributed by atoms with E-state index in [9.17, 15) is 34.2 Å². The molecule has 15 heteroatoms. The quantitative estimate of drug-likeness (QED) is 0.136. The van der Waals surface area contributed by atoms with Gasteiger partial charge in [-0.2, -0.15) is 0 Å². The van der Waals surface area contributed by atoms with Crippen molar-refractivity contribution >= 4 is 29.6 Å². The van der Waals surface area contributed by atoms with Crippen molar-refractivity contribution in [1.29, 1.82) is 0 Å². The Morgan fingerprint density at radius 2 is 1.72 bits per heavy atom. The summed E-state index contributed by atoms with van der Waals surface area (Å²) in [4.78, 5) is 66.2. The minimum absolute atomic E-state index is 0.152. The van der Waals surface area contributed by atoms with Crippen LogP contribution in [0, 0.1) is 0 Å². The number of carbonyl (C=O) groups is 5. The molecule has 0 spiro atoms. The van der Waals surface area contributed by atoms with Crippen LogP contribution in [0.5, 0.6) is 0 Å². The van der Waals surface area contributed by atoms with Gasteiger partial charge in [-0.1, -0.05) is 0 Å². The van der Waals surface area contributed by atoms with Crippen molar-refractivity contribution < 1.29 is 39.3 Å². The zero-order valence-electron chi connectivity index (χ0n) is 17.1. The molecule has 1 aromatic heterocycles. The third-order valence-electron chi connectivity index (χ3n) is 4.23. The molecular formula is C17H27N7O8. The molecule has 0 saturated carbocycles. The molecule has 178 valence electrons. The maximum absolute atomic E-state index is 12.6. The molecule has 0 aliphatic carbocycles. The number of carboxylic acid groups (broad SMARTS) is 1. The van der Waals surface area contributed by atoms with Gasteiger partial charge in [0.25, 0.3) is 0 Å². The zero-order valence-corrected chi connectivity index (χ0v) is 17.1. The van der Waals surface area contributed by atoms with Crippen molar-refractivity contribution in [1.82, 2.24) is 25.9 Å². The predicted molar refractivity (Wildman–Crippen MR) is 106 cm³/mol. The van der Waals surface area contributed by atoms with Gasteiger partial charge < -0.3 is 47.7 Å². The van der Waals surface area contributed by atoms with Gasteiger partial charge in [0.1, 0.15) is 24.2 Å². The van der Waals surface area contributed by atoms with Gasteiger partial charge in [0.05, 0.1) is 25.5 Å². The number of rotatable bonds is 13. The molecule has 0 fully saturated rings. The molecule has 0 aliphatic rings. The highest BCUT2D eigenvalue weighted by Gasteiger charge is 2.33. The van der Waals surface area contributed by atoms with Crippen LogP contribution in [0.4, 0.5) is 0 Å². The first-order valence-corrected chi connectivity index (χ1v) is 9.40. The Labute approximate surface area is 181 Å². The largest absolute Gasteiger partial charge is 0.480 e. The maximum Gasteiger partial charge on any atom is 0.326 e. The van der Waals surface area contributed by atoms with Crippen LogP contribution in [0.3, 0.4) is 0 Å². The maximum atomic E-state index is 12.6. The van der Waals surface area contributed by atoms with Crippen LogP contribution in [0.15, 0.2) is 12.5 Å². The molecule has 15 nitrogen and oxygen atoms in total. The topological polar surface area (TPSA) is 263 Å². The second-order valence-electron chi connectivity index (χ2n) is 6.93. The number of H-pyrrole nitrogens is 1. The molecule has 1 rings (SSSR count). The van der Waals surface area contributed by atoms with Crippen molar-refractivity contribution in [2.45, 2.75) is 50.0 Å². The molecule has 0 radical (unpaired) electrons. The van der Waals surface area contributed by atoms with Crippen molar-refractivity contribution in [2.75, 3.05) is 6.61 Å². The fraction of sp³-hybridized carbons (Fsp3) is 0.529. The molecule has 0 aromatic carbocycles. The highest BCUT2D eigenvalue weighted by atomic mass is 16.4. The number of aromatic nitrogens is 2. The number of aliphatic carboxylic acids is 1. The number of hydrogen-bond donors (Lipinski definition) is 9. The second-order valence-corrected chi connectivity index (χ2v) is 6.93.